The highest BCUT2D eigenvalue weighted by atomic mass is 79.9. The van der Waals surface area contributed by atoms with E-state index in [2.05, 4.69) is 82.1 Å². The van der Waals surface area contributed by atoms with E-state index in [4.69, 9.17) is 0 Å². The first kappa shape index (κ1) is 15.3. The zero-order valence-electron chi connectivity index (χ0n) is 12.5. The normalized spacial score (nSPS) is 14.9. The van der Waals surface area contributed by atoms with Crippen molar-refractivity contribution in [2.45, 2.75) is 44.9 Å². The van der Waals surface area contributed by atoms with Crippen LogP contribution in [0.2, 0.25) is 0 Å². The summed E-state index contributed by atoms with van der Waals surface area (Å²) in [6.07, 6.45) is 4.84. The van der Waals surface area contributed by atoms with Crippen molar-refractivity contribution in [3.05, 3.63) is 56.5 Å². The fourth-order valence-corrected chi connectivity index (χ4v) is 4.68. The van der Waals surface area contributed by atoms with Gasteiger partial charge < -0.3 is 0 Å². The smallest absolute Gasteiger partial charge is 0.0215 e. The minimum Gasteiger partial charge on any atom is -0.0653 e. The molecule has 1 aliphatic rings. The highest BCUT2D eigenvalue weighted by Gasteiger charge is 2.41. The molecule has 0 aromatic heterocycles. The maximum absolute atomic E-state index is 3.67. The first-order chi connectivity index (χ1) is 10.1. The van der Waals surface area contributed by atoms with E-state index in [1.165, 1.54) is 56.9 Å². The summed E-state index contributed by atoms with van der Waals surface area (Å²) in [5, 5.41) is 0. The average molecular weight is 408 g/mol. The first-order valence-corrected chi connectivity index (χ1v) is 9.31. The zero-order valence-corrected chi connectivity index (χ0v) is 15.7. The highest BCUT2D eigenvalue weighted by molar-refractivity contribution is 9.10. The van der Waals surface area contributed by atoms with Crippen LogP contribution in [0, 0.1) is 0 Å². The van der Waals surface area contributed by atoms with Gasteiger partial charge in [0, 0.05) is 14.4 Å². The molecule has 0 saturated heterocycles. The molecule has 3 rings (SSSR count). The molecule has 1 aliphatic carbocycles. The van der Waals surface area contributed by atoms with Crippen molar-refractivity contribution >= 4 is 31.9 Å². The SMILES string of the molecule is CCCC1(CCC)c2cc(Br)ccc2-c2ccc(Br)cc21. The van der Waals surface area contributed by atoms with Crippen LogP contribution in [-0.2, 0) is 5.41 Å². The third kappa shape index (κ3) is 2.41. The van der Waals surface area contributed by atoms with Crippen LogP contribution in [0.4, 0.5) is 0 Å². The molecule has 21 heavy (non-hydrogen) atoms. The van der Waals surface area contributed by atoms with Crippen LogP contribution in [0.1, 0.15) is 50.7 Å². The molecule has 0 fully saturated rings. The van der Waals surface area contributed by atoms with Gasteiger partial charge in [0.1, 0.15) is 0 Å². The first-order valence-electron chi connectivity index (χ1n) is 7.73. The van der Waals surface area contributed by atoms with Gasteiger partial charge >= 0.3 is 0 Å². The molecule has 0 aliphatic heterocycles. The topological polar surface area (TPSA) is 0 Å². The van der Waals surface area contributed by atoms with Crippen molar-refractivity contribution in [3.8, 4) is 11.1 Å². The van der Waals surface area contributed by atoms with Crippen molar-refractivity contribution in [3.63, 3.8) is 0 Å². The summed E-state index contributed by atoms with van der Waals surface area (Å²) in [7, 11) is 0. The van der Waals surface area contributed by atoms with Crippen molar-refractivity contribution in [2.75, 3.05) is 0 Å². The van der Waals surface area contributed by atoms with Gasteiger partial charge in [-0.25, -0.2) is 0 Å². The molecular weight excluding hydrogens is 388 g/mol. The van der Waals surface area contributed by atoms with Gasteiger partial charge in [0.2, 0.25) is 0 Å². The summed E-state index contributed by atoms with van der Waals surface area (Å²) in [6.45, 7) is 4.59. The Morgan fingerprint density at radius 3 is 1.57 bits per heavy atom. The lowest BCUT2D eigenvalue weighted by molar-refractivity contribution is 0.435. The molecule has 2 heteroatoms. The molecule has 2 aromatic carbocycles. The van der Waals surface area contributed by atoms with Crippen LogP contribution < -0.4 is 0 Å². The Labute approximate surface area is 144 Å². The number of halogens is 2. The lowest BCUT2D eigenvalue weighted by atomic mass is 9.71. The number of rotatable bonds is 4. The van der Waals surface area contributed by atoms with E-state index >= 15 is 0 Å². The van der Waals surface area contributed by atoms with Gasteiger partial charge in [-0.05, 0) is 59.4 Å². The van der Waals surface area contributed by atoms with E-state index in [-0.39, 0.29) is 5.41 Å². The Morgan fingerprint density at radius 2 is 1.19 bits per heavy atom. The molecule has 0 amide bonds. The zero-order chi connectivity index (χ0) is 15.0. The summed E-state index contributed by atoms with van der Waals surface area (Å²) < 4.78 is 2.37. The molecule has 0 saturated carbocycles. The number of fused-ring (bicyclic) bond motifs is 3. The second-order valence-corrected chi connectivity index (χ2v) is 7.79. The second-order valence-electron chi connectivity index (χ2n) is 5.96. The van der Waals surface area contributed by atoms with Crippen LogP contribution in [0.3, 0.4) is 0 Å². The van der Waals surface area contributed by atoms with Gasteiger partial charge in [-0.3, -0.25) is 0 Å². The second kappa shape index (κ2) is 5.89. The molecule has 0 spiro atoms. The van der Waals surface area contributed by atoms with E-state index in [1.807, 2.05) is 0 Å². The van der Waals surface area contributed by atoms with Gasteiger partial charge in [-0.2, -0.15) is 0 Å². The van der Waals surface area contributed by atoms with Gasteiger partial charge in [-0.15, -0.1) is 0 Å². The number of hydrogen-bond donors (Lipinski definition) is 0. The Kier molecular flexibility index (Phi) is 4.29. The molecule has 0 nitrogen and oxygen atoms in total. The van der Waals surface area contributed by atoms with Crippen molar-refractivity contribution in [2.24, 2.45) is 0 Å². The van der Waals surface area contributed by atoms with E-state index in [1.54, 1.807) is 0 Å². The fourth-order valence-electron chi connectivity index (χ4n) is 3.96. The molecule has 0 heterocycles. The predicted octanol–water partition coefficient (Wildman–Crippen LogP) is 7.08. The Bertz CT molecular complexity index is 614. The third-order valence-electron chi connectivity index (χ3n) is 4.64. The van der Waals surface area contributed by atoms with E-state index in [0.29, 0.717) is 0 Å². The van der Waals surface area contributed by atoms with Crippen LogP contribution in [0.5, 0.6) is 0 Å². The molecule has 0 N–H and O–H groups in total. The number of benzene rings is 2. The lowest BCUT2D eigenvalue weighted by Crippen LogP contribution is -2.25. The predicted molar refractivity (Wildman–Crippen MR) is 97.9 cm³/mol. The van der Waals surface area contributed by atoms with Gasteiger partial charge in [0.05, 0.1) is 0 Å². The van der Waals surface area contributed by atoms with Gasteiger partial charge in [0.25, 0.3) is 0 Å². The minimum atomic E-state index is 0.182. The van der Waals surface area contributed by atoms with Crippen LogP contribution in [-0.4, -0.2) is 0 Å². The monoisotopic (exact) mass is 406 g/mol. The molecule has 2 aromatic rings. The van der Waals surface area contributed by atoms with E-state index in [0.717, 1.165) is 0 Å². The van der Waals surface area contributed by atoms with Crippen molar-refractivity contribution in [1.29, 1.82) is 0 Å². The van der Waals surface area contributed by atoms with E-state index in [9.17, 15) is 0 Å². The molecular formula is C19H20Br2. The Hall–Kier alpha value is -0.600. The summed E-state index contributed by atoms with van der Waals surface area (Å²) in [5.41, 5.74) is 6.04. The minimum absolute atomic E-state index is 0.182. The summed E-state index contributed by atoms with van der Waals surface area (Å²) in [6, 6.07) is 13.6. The van der Waals surface area contributed by atoms with E-state index < -0.39 is 0 Å². The van der Waals surface area contributed by atoms with Crippen molar-refractivity contribution < 1.29 is 0 Å². The van der Waals surface area contributed by atoms with Gasteiger partial charge in [0.15, 0.2) is 0 Å². The lowest BCUT2D eigenvalue weighted by Gasteiger charge is -2.32. The van der Waals surface area contributed by atoms with Crippen molar-refractivity contribution in [1.82, 2.24) is 0 Å². The molecule has 110 valence electrons. The highest BCUT2D eigenvalue weighted by Crippen LogP contribution is 2.54. The Morgan fingerprint density at radius 1 is 0.762 bits per heavy atom. The molecule has 0 radical (unpaired) electrons. The summed E-state index contributed by atoms with van der Waals surface area (Å²) in [4.78, 5) is 0. The van der Waals surface area contributed by atoms with Crippen LogP contribution in [0.15, 0.2) is 45.3 Å². The standard InChI is InChI=1S/C19H20Br2/c1-3-9-19(10-4-2)17-11-13(20)5-7-15(17)16-8-6-14(21)12-18(16)19/h5-8,11-12H,3-4,9-10H2,1-2H3. The quantitative estimate of drug-likeness (QED) is 0.507. The van der Waals surface area contributed by atoms with Crippen LogP contribution in [0.25, 0.3) is 11.1 Å². The molecule has 0 bridgehead atoms. The number of hydrogen-bond acceptors (Lipinski definition) is 0. The summed E-state index contributed by atoms with van der Waals surface area (Å²) in [5.74, 6) is 0. The third-order valence-corrected chi connectivity index (χ3v) is 5.62. The van der Waals surface area contributed by atoms with Gasteiger partial charge in [-0.1, -0.05) is 70.7 Å². The maximum atomic E-state index is 3.67. The average Bonchev–Trinajstić information content (AvgIpc) is 2.70. The maximum Gasteiger partial charge on any atom is 0.0215 e. The Balaban J connectivity index is 2.32. The summed E-state index contributed by atoms with van der Waals surface area (Å²) >= 11 is 7.34. The fraction of sp³-hybridized carbons (Fsp3) is 0.368. The molecule has 0 unspecified atom stereocenters. The van der Waals surface area contributed by atoms with Crippen LogP contribution >= 0.6 is 31.9 Å². The molecule has 0 atom stereocenters. The largest absolute Gasteiger partial charge is 0.0653 e.